The number of carbonyl (C=O) groups excluding carboxylic acids is 1. The number of likely N-dealkylation sites (N-methyl/N-ethyl adjacent to an activating group) is 1. The molecular weight excluding hydrogens is 362 g/mol. The van der Waals surface area contributed by atoms with Gasteiger partial charge in [0, 0.05) is 38.1 Å². The maximum absolute atomic E-state index is 12.9. The van der Waals surface area contributed by atoms with Gasteiger partial charge in [-0.05, 0) is 62.4 Å². The Labute approximate surface area is 173 Å². The first-order chi connectivity index (χ1) is 13.9. The summed E-state index contributed by atoms with van der Waals surface area (Å²) in [6.07, 6.45) is 4.14. The lowest BCUT2D eigenvalue weighted by atomic mass is 10.1. The quantitative estimate of drug-likeness (QED) is 0.549. The minimum absolute atomic E-state index is 0.151. The van der Waals surface area contributed by atoms with Gasteiger partial charge in [0.15, 0.2) is 0 Å². The fourth-order valence-electron chi connectivity index (χ4n) is 3.86. The molecule has 1 atom stereocenters. The van der Waals surface area contributed by atoms with Gasteiger partial charge in [0.1, 0.15) is 11.6 Å². The molecule has 2 aromatic rings. The van der Waals surface area contributed by atoms with Gasteiger partial charge in [-0.3, -0.25) is 4.79 Å². The van der Waals surface area contributed by atoms with Crippen LogP contribution in [0.15, 0.2) is 35.9 Å². The van der Waals surface area contributed by atoms with E-state index in [1.165, 1.54) is 0 Å². The number of amides is 1. The van der Waals surface area contributed by atoms with Gasteiger partial charge in [-0.2, -0.15) is 5.26 Å². The van der Waals surface area contributed by atoms with E-state index >= 15 is 0 Å². The summed E-state index contributed by atoms with van der Waals surface area (Å²) in [6.45, 7) is 8.23. The summed E-state index contributed by atoms with van der Waals surface area (Å²) in [6, 6.07) is 12.1. The summed E-state index contributed by atoms with van der Waals surface area (Å²) in [5, 5.41) is 9.63. The fraction of sp³-hybridized carbons (Fsp3) is 0.417. The van der Waals surface area contributed by atoms with Crippen LogP contribution in [0.4, 0.5) is 0 Å². The number of hydrogen-bond acceptors (Lipinski definition) is 3. The summed E-state index contributed by atoms with van der Waals surface area (Å²) >= 11 is 0. The van der Waals surface area contributed by atoms with E-state index in [1.54, 1.807) is 18.0 Å². The maximum atomic E-state index is 12.9. The zero-order valence-electron chi connectivity index (χ0n) is 17.7. The Kier molecular flexibility index (Phi) is 6.56. The Morgan fingerprint density at radius 3 is 2.76 bits per heavy atom. The van der Waals surface area contributed by atoms with Crippen molar-refractivity contribution < 1.29 is 9.53 Å². The zero-order valence-corrected chi connectivity index (χ0v) is 17.7. The molecule has 0 N–H and O–H groups in total. The summed E-state index contributed by atoms with van der Waals surface area (Å²) in [5.74, 6) is -0.264. The third-order valence-corrected chi connectivity index (χ3v) is 5.69. The van der Waals surface area contributed by atoms with Crippen LogP contribution in [-0.2, 0) is 22.6 Å². The van der Waals surface area contributed by atoms with Crippen LogP contribution in [0.2, 0.25) is 0 Å². The number of rotatable bonds is 6. The molecule has 1 aliphatic heterocycles. The molecule has 0 radical (unpaired) electrons. The molecule has 1 aliphatic rings. The highest BCUT2D eigenvalue weighted by molar-refractivity contribution is 6.01. The van der Waals surface area contributed by atoms with Crippen molar-refractivity contribution in [3.05, 3.63) is 64.0 Å². The Balaban J connectivity index is 1.79. The molecule has 1 aromatic heterocycles. The zero-order chi connectivity index (χ0) is 21.0. The first kappa shape index (κ1) is 20.9. The molecule has 0 spiro atoms. The third kappa shape index (κ3) is 4.78. The van der Waals surface area contributed by atoms with Crippen LogP contribution in [0.1, 0.15) is 40.9 Å². The Morgan fingerprint density at radius 1 is 1.34 bits per heavy atom. The Bertz CT molecular complexity index is 959. The molecule has 5 heteroatoms. The largest absolute Gasteiger partial charge is 0.376 e. The lowest BCUT2D eigenvalue weighted by Gasteiger charge is -2.18. The van der Waals surface area contributed by atoms with Crippen molar-refractivity contribution in [3.63, 3.8) is 0 Å². The van der Waals surface area contributed by atoms with Crippen LogP contribution in [0, 0.1) is 32.1 Å². The molecule has 5 nitrogen and oxygen atoms in total. The lowest BCUT2D eigenvalue weighted by Crippen LogP contribution is -2.27. The van der Waals surface area contributed by atoms with E-state index in [1.807, 2.05) is 44.2 Å². The van der Waals surface area contributed by atoms with Crippen molar-refractivity contribution in [2.75, 3.05) is 13.7 Å². The number of aryl methyl sites for hydroxylation is 2. The number of benzene rings is 1. The van der Waals surface area contributed by atoms with Gasteiger partial charge in [0.2, 0.25) is 0 Å². The molecule has 0 aliphatic carbocycles. The van der Waals surface area contributed by atoms with Crippen LogP contribution in [0.5, 0.6) is 0 Å². The van der Waals surface area contributed by atoms with Gasteiger partial charge in [-0.1, -0.05) is 24.3 Å². The van der Waals surface area contributed by atoms with Crippen LogP contribution < -0.4 is 0 Å². The Hall–Kier alpha value is -2.84. The van der Waals surface area contributed by atoms with Crippen molar-refractivity contribution in [2.45, 2.75) is 52.8 Å². The van der Waals surface area contributed by atoms with Crippen LogP contribution >= 0.6 is 0 Å². The van der Waals surface area contributed by atoms with Gasteiger partial charge < -0.3 is 14.2 Å². The van der Waals surface area contributed by atoms with Gasteiger partial charge >= 0.3 is 0 Å². The minimum Gasteiger partial charge on any atom is -0.376 e. The monoisotopic (exact) mass is 391 g/mol. The summed E-state index contributed by atoms with van der Waals surface area (Å²) in [7, 11) is 1.74. The number of ether oxygens (including phenoxy) is 1. The first-order valence-corrected chi connectivity index (χ1v) is 10.1. The smallest absolute Gasteiger partial charge is 0.264 e. The predicted octanol–water partition coefficient (Wildman–Crippen LogP) is 4.16. The van der Waals surface area contributed by atoms with Gasteiger partial charge in [-0.25, -0.2) is 0 Å². The molecule has 1 aromatic carbocycles. The molecule has 3 rings (SSSR count). The average Bonchev–Trinajstić information content (AvgIpc) is 3.31. The molecule has 0 saturated carbocycles. The van der Waals surface area contributed by atoms with E-state index in [-0.39, 0.29) is 17.6 Å². The number of nitriles is 1. The number of carbonyl (C=O) groups is 1. The van der Waals surface area contributed by atoms with E-state index in [4.69, 9.17) is 4.74 Å². The molecule has 1 fully saturated rings. The third-order valence-electron chi connectivity index (χ3n) is 5.69. The second-order valence-electron chi connectivity index (χ2n) is 7.83. The van der Waals surface area contributed by atoms with E-state index in [0.29, 0.717) is 6.54 Å². The van der Waals surface area contributed by atoms with E-state index in [2.05, 4.69) is 17.6 Å². The number of aromatic nitrogens is 1. The van der Waals surface area contributed by atoms with E-state index in [9.17, 15) is 10.1 Å². The van der Waals surface area contributed by atoms with Crippen molar-refractivity contribution in [2.24, 2.45) is 0 Å². The summed E-state index contributed by atoms with van der Waals surface area (Å²) in [5.41, 5.74) is 5.44. The normalized spacial score (nSPS) is 16.7. The number of nitrogens with zero attached hydrogens (tertiary/aromatic N) is 3. The van der Waals surface area contributed by atoms with E-state index < -0.39 is 0 Å². The van der Waals surface area contributed by atoms with Gasteiger partial charge in [-0.15, -0.1) is 0 Å². The lowest BCUT2D eigenvalue weighted by molar-refractivity contribution is -0.125. The van der Waals surface area contributed by atoms with Crippen molar-refractivity contribution in [1.82, 2.24) is 9.47 Å². The fourth-order valence-corrected chi connectivity index (χ4v) is 3.86. The molecule has 1 amide bonds. The topological polar surface area (TPSA) is 58.3 Å². The highest BCUT2D eigenvalue weighted by Crippen LogP contribution is 2.22. The maximum Gasteiger partial charge on any atom is 0.264 e. The van der Waals surface area contributed by atoms with Crippen molar-refractivity contribution in [1.29, 1.82) is 5.26 Å². The number of hydrogen-bond donors (Lipinski definition) is 0. The average molecular weight is 392 g/mol. The first-order valence-electron chi connectivity index (χ1n) is 10.1. The second kappa shape index (κ2) is 9.11. The molecule has 1 unspecified atom stereocenters. The van der Waals surface area contributed by atoms with Crippen LogP contribution in [0.3, 0.4) is 0 Å². The van der Waals surface area contributed by atoms with Crippen molar-refractivity contribution in [3.8, 4) is 6.07 Å². The molecule has 29 heavy (non-hydrogen) atoms. The minimum atomic E-state index is -0.264. The standard InChI is InChI=1S/C24H29N3O2/c1-17-8-5-6-9-20(17)15-26(4)24(28)22(14-25)13-21-12-18(2)27(19(21)3)16-23-10-7-11-29-23/h5-6,8-9,12-13,23H,7,10-11,15-16H2,1-4H3/b22-13+. The molecule has 2 heterocycles. The molecule has 0 bridgehead atoms. The van der Waals surface area contributed by atoms with E-state index in [0.717, 1.165) is 54.1 Å². The van der Waals surface area contributed by atoms with Gasteiger partial charge in [0.25, 0.3) is 5.91 Å². The predicted molar refractivity (Wildman–Crippen MR) is 114 cm³/mol. The van der Waals surface area contributed by atoms with Crippen LogP contribution in [0.25, 0.3) is 6.08 Å². The summed E-state index contributed by atoms with van der Waals surface area (Å²) < 4.78 is 7.99. The molecule has 152 valence electrons. The molecular formula is C24H29N3O2. The SMILES string of the molecule is Cc1ccccc1CN(C)C(=O)/C(C#N)=C/c1cc(C)n(CC2CCCO2)c1C. The summed E-state index contributed by atoms with van der Waals surface area (Å²) in [4.78, 5) is 14.5. The molecule has 1 saturated heterocycles. The highest BCUT2D eigenvalue weighted by atomic mass is 16.5. The second-order valence-corrected chi connectivity index (χ2v) is 7.83. The van der Waals surface area contributed by atoms with Crippen molar-refractivity contribution >= 4 is 12.0 Å². The van der Waals surface area contributed by atoms with Gasteiger partial charge in [0.05, 0.1) is 6.10 Å². The van der Waals surface area contributed by atoms with Crippen LogP contribution in [-0.4, -0.2) is 35.1 Å². The highest BCUT2D eigenvalue weighted by Gasteiger charge is 2.20. The Morgan fingerprint density at radius 2 is 2.10 bits per heavy atom.